The van der Waals surface area contributed by atoms with Gasteiger partial charge in [0, 0.05) is 32.1 Å². The fourth-order valence-corrected chi connectivity index (χ4v) is 5.72. The summed E-state index contributed by atoms with van der Waals surface area (Å²) in [7, 11) is -3.84. The second-order valence-corrected chi connectivity index (χ2v) is 11.3. The zero-order valence-electron chi connectivity index (χ0n) is 19.9. The maximum absolute atomic E-state index is 13.5. The fourth-order valence-electron chi connectivity index (χ4n) is 4.26. The average Bonchev–Trinajstić information content (AvgIpc) is 3.64. The number of carbonyl (C=O) groups is 2. The van der Waals surface area contributed by atoms with Crippen LogP contribution in [0.2, 0.25) is 0 Å². The molecule has 1 saturated carbocycles. The minimum atomic E-state index is -3.84. The predicted octanol–water partition coefficient (Wildman–Crippen LogP) is 3.41. The lowest BCUT2D eigenvalue weighted by atomic mass is 9.97. The van der Waals surface area contributed by atoms with Crippen LogP contribution in [0.1, 0.15) is 43.2 Å². The first kappa shape index (κ1) is 24.3. The van der Waals surface area contributed by atoms with Crippen LogP contribution in [0.5, 0.6) is 0 Å². The molecule has 2 aromatic rings. The highest BCUT2D eigenvalue weighted by atomic mass is 32.2. The van der Waals surface area contributed by atoms with E-state index in [9.17, 15) is 18.0 Å². The number of likely N-dealkylation sites (tertiary alicyclic amines) is 1. The zero-order valence-corrected chi connectivity index (χ0v) is 20.7. The van der Waals surface area contributed by atoms with Crippen LogP contribution in [0.15, 0.2) is 53.4 Å². The predicted molar refractivity (Wildman–Crippen MR) is 132 cm³/mol. The number of sulfonamides is 1. The van der Waals surface area contributed by atoms with E-state index in [-0.39, 0.29) is 35.6 Å². The van der Waals surface area contributed by atoms with E-state index in [4.69, 9.17) is 0 Å². The van der Waals surface area contributed by atoms with E-state index >= 15 is 0 Å². The lowest BCUT2D eigenvalue weighted by Crippen LogP contribution is -2.46. The van der Waals surface area contributed by atoms with Crippen molar-refractivity contribution in [1.82, 2.24) is 10.2 Å². The Morgan fingerprint density at radius 2 is 1.59 bits per heavy atom. The Bertz CT molecular complexity index is 1130. The Kier molecular flexibility index (Phi) is 7.26. The highest BCUT2D eigenvalue weighted by molar-refractivity contribution is 7.92. The van der Waals surface area contributed by atoms with Crippen molar-refractivity contribution in [2.24, 2.45) is 5.92 Å². The summed E-state index contributed by atoms with van der Waals surface area (Å²) in [5, 5.41) is 3.04. The van der Waals surface area contributed by atoms with Crippen LogP contribution >= 0.6 is 0 Å². The van der Waals surface area contributed by atoms with Gasteiger partial charge >= 0.3 is 0 Å². The summed E-state index contributed by atoms with van der Waals surface area (Å²) in [4.78, 5) is 27.5. The zero-order chi connectivity index (χ0) is 24.3. The smallest absolute Gasteiger partial charge is 0.264 e. The summed E-state index contributed by atoms with van der Waals surface area (Å²) in [6.07, 6.45) is 3.67. The van der Waals surface area contributed by atoms with Crippen molar-refractivity contribution in [2.45, 2.75) is 56.9 Å². The first-order valence-electron chi connectivity index (χ1n) is 12.0. The monoisotopic (exact) mass is 483 g/mol. The molecule has 1 aliphatic heterocycles. The molecule has 4 rings (SSSR count). The molecule has 0 aromatic heterocycles. The molecule has 1 aliphatic carbocycles. The molecule has 1 unspecified atom stereocenters. The van der Waals surface area contributed by atoms with E-state index in [0.29, 0.717) is 24.8 Å². The Hall–Kier alpha value is -2.87. The highest BCUT2D eigenvalue weighted by Gasteiger charge is 2.32. The molecule has 182 valence electrons. The molecule has 2 aliphatic rings. The van der Waals surface area contributed by atoms with E-state index in [1.807, 2.05) is 26.0 Å². The van der Waals surface area contributed by atoms with Crippen LogP contribution in [-0.4, -0.2) is 50.8 Å². The van der Waals surface area contributed by atoms with E-state index < -0.39 is 10.0 Å². The molecule has 1 heterocycles. The largest absolute Gasteiger partial charge is 0.353 e. The van der Waals surface area contributed by atoms with Crippen molar-refractivity contribution in [1.29, 1.82) is 0 Å². The van der Waals surface area contributed by atoms with E-state index in [0.717, 1.165) is 36.8 Å². The SMILES string of the molecule is Cc1ccc(N(CCC(=O)N2CCCC(C(=O)NC3CC3)C2)S(=O)(=O)c2ccc(C)cc2)cc1. The minimum Gasteiger partial charge on any atom is -0.353 e. The van der Waals surface area contributed by atoms with Gasteiger partial charge in [0.1, 0.15) is 0 Å². The van der Waals surface area contributed by atoms with Gasteiger partial charge in [0.2, 0.25) is 11.8 Å². The Morgan fingerprint density at radius 3 is 2.21 bits per heavy atom. The first-order valence-corrected chi connectivity index (χ1v) is 13.4. The lowest BCUT2D eigenvalue weighted by molar-refractivity contribution is -0.135. The van der Waals surface area contributed by atoms with Gasteiger partial charge in [0.25, 0.3) is 10.0 Å². The number of aryl methyl sites for hydroxylation is 2. The normalized spacial score (nSPS) is 18.4. The average molecular weight is 484 g/mol. The summed E-state index contributed by atoms with van der Waals surface area (Å²) in [6, 6.07) is 14.3. The fraction of sp³-hybridized carbons (Fsp3) is 0.462. The van der Waals surface area contributed by atoms with Crippen LogP contribution in [0, 0.1) is 19.8 Å². The first-order chi connectivity index (χ1) is 16.2. The second kappa shape index (κ2) is 10.2. The van der Waals surface area contributed by atoms with Crippen molar-refractivity contribution in [3.05, 3.63) is 59.7 Å². The van der Waals surface area contributed by atoms with Crippen LogP contribution in [0.3, 0.4) is 0 Å². The molecule has 1 saturated heterocycles. The molecule has 0 radical (unpaired) electrons. The van der Waals surface area contributed by atoms with E-state index in [1.165, 1.54) is 4.31 Å². The van der Waals surface area contributed by atoms with Gasteiger partial charge < -0.3 is 10.2 Å². The number of hydrogen-bond acceptors (Lipinski definition) is 4. The molecule has 1 N–H and O–H groups in total. The second-order valence-electron chi connectivity index (χ2n) is 9.44. The number of nitrogens with one attached hydrogen (secondary N) is 1. The Balaban J connectivity index is 1.47. The summed E-state index contributed by atoms with van der Waals surface area (Å²) in [6.45, 7) is 4.88. The number of rotatable bonds is 8. The molecule has 1 atom stereocenters. The van der Waals surface area contributed by atoms with Gasteiger partial charge in [0.05, 0.1) is 16.5 Å². The third kappa shape index (κ3) is 5.78. The number of anilines is 1. The molecule has 34 heavy (non-hydrogen) atoms. The van der Waals surface area contributed by atoms with Gasteiger partial charge in [-0.2, -0.15) is 0 Å². The molecule has 0 spiro atoms. The number of hydrogen-bond donors (Lipinski definition) is 1. The van der Waals surface area contributed by atoms with Crippen molar-refractivity contribution >= 4 is 27.5 Å². The van der Waals surface area contributed by atoms with Gasteiger partial charge in [0.15, 0.2) is 0 Å². The number of carbonyl (C=O) groups excluding carboxylic acids is 2. The summed E-state index contributed by atoms with van der Waals surface area (Å²) < 4.78 is 28.3. The van der Waals surface area contributed by atoms with Crippen molar-refractivity contribution in [2.75, 3.05) is 23.9 Å². The third-order valence-corrected chi connectivity index (χ3v) is 8.37. The van der Waals surface area contributed by atoms with Gasteiger partial charge in [-0.15, -0.1) is 0 Å². The van der Waals surface area contributed by atoms with Gasteiger partial charge in [-0.05, 0) is 63.8 Å². The van der Waals surface area contributed by atoms with Crippen LogP contribution in [-0.2, 0) is 19.6 Å². The maximum atomic E-state index is 13.5. The van der Waals surface area contributed by atoms with E-state index in [2.05, 4.69) is 5.32 Å². The van der Waals surface area contributed by atoms with Gasteiger partial charge in [-0.25, -0.2) is 8.42 Å². The van der Waals surface area contributed by atoms with Crippen molar-refractivity contribution in [3.63, 3.8) is 0 Å². The maximum Gasteiger partial charge on any atom is 0.264 e. The molecule has 2 amide bonds. The Labute approximate surface area is 202 Å². The molecule has 0 bridgehead atoms. The van der Waals surface area contributed by atoms with Crippen LogP contribution < -0.4 is 9.62 Å². The minimum absolute atomic E-state index is 0.0308. The van der Waals surface area contributed by atoms with Gasteiger partial charge in [-0.1, -0.05) is 35.4 Å². The van der Waals surface area contributed by atoms with Crippen LogP contribution in [0.25, 0.3) is 0 Å². The summed E-state index contributed by atoms with van der Waals surface area (Å²) >= 11 is 0. The van der Waals surface area contributed by atoms with Crippen molar-refractivity contribution < 1.29 is 18.0 Å². The van der Waals surface area contributed by atoms with Crippen LogP contribution in [0.4, 0.5) is 5.69 Å². The molecule has 7 nitrogen and oxygen atoms in total. The number of benzene rings is 2. The molecule has 2 fully saturated rings. The molecular formula is C26H33N3O4S. The number of amides is 2. The molecular weight excluding hydrogens is 450 g/mol. The standard InChI is InChI=1S/C26H33N3O4S/c1-19-5-11-23(12-6-19)29(34(32,33)24-13-7-20(2)8-14-24)17-15-25(30)28-16-3-4-21(18-28)26(31)27-22-9-10-22/h5-8,11-14,21-22H,3-4,9-10,15-18H2,1-2H3,(H,27,31). The molecule has 8 heteroatoms. The summed E-state index contributed by atoms with van der Waals surface area (Å²) in [5.74, 6) is -0.286. The molecule has 2 aromatic carbocycles. The Morgan fingerprint density at radius 1 is 0.971 bits per heavy atom. The lowest BCUT2D eigenvalue weighted by Gasteiger charge is -2.33. The number of piperidine rings is 1. The highest BCUT2D eigenvalue weighted by Crippen LogP contribution is 2.26. The number of nitrogens with zero attached hydrogens (tertiary/aromatic N) is 2. The van der Waals surface area contributed by atoms with E-state index in [1.54, 1.807) is 41.3 Å². The third-order valence-electron chi connectivity index (χ3n) is 6.53. The summed E-state index contributed by atoms with van der Waals surface area (Å²) in [5.41, 5.74) is 2.53. The quantitative estimate of drug-likeness (QED) is 0.623. The van der Waals surface area contributed by atoms with Crippen molar-refractivity contribution in [3.8, 4) is 0 Å². The topological polar surface area (TPSA) is 86.8 Å². The van der Waals surface area contributed by atoms with Gasteiger partial charge in [-0.3, -0.25) is 13.9 Å².